The fourth-order valence-corrected chi connectivity index (χ4v) is 2.88. The van der Waals surface area contributed by atoms with Crippen molar-refractivity contribution in [3.63, 3.8) is 0 Å². The molecule has 3 aromatic rings. The Balaban J connectivity index is 1.50. The molecule has 2 N–H and O–H groups in total. The number of carbonyl (C=O) groups is 2. The van der Waals surface area contributed by atoms with Crippen LogP contribution in [0.5, 0.6) is 17.2 Å². The number of nitrogens with zero attached hydrogens (tertiary/aromatic N) is 1. The number of para-hydroxylation sites is 2. The monoisotopic (exact) mass is 485 g/mol. The maximum atomic E-state index is 13.5. The maximum absolute atomic E-state index is 13.5. The molecule has 0 atom stereocenters. The second-order valence-electron chi connectivity index (χ2n) is 6.74. The minimum Gasteiger partial charge on any atom is -0.493 e. The average molecular weight is 486 g/mol. The molecule has 0 saturated carbocycles. The Morgan fingerprint density at radius 2 is 1.65 bits per heavy atom. The van der Waals surface area contributed by atoms with Gasteiger partial charge >= 0.3 is 0 Å². The van der Waals surface area contributed by atoms with Gasteiger partial charge in [-0.15, -0.1) is 0 Å². The van der Waals surface area contributed by atoms with E-state index in [0.717, 1.165) is 0 Å². The second kappa shape index (κ2) is 12.2. The van der Waals surface area contributed by atoms with E-state index in [4.69, 9.17) is 25.8 Å². The molecule has 34 heavy (non-hydrogen) atoms. The number of amides is 2. The molecule has 0 aliphatic carbocycles. The molecule has 8 nitrogen and oxygen atoms in total. The molecule has 0 aliphatic heterocycles. The highest BCUT2D eigenvalue weighted by atomic mass is 35.5. The van der Waals surface area contributed by atoms with Gasteiger partial charge in [0.2, 0.25) is 0 Å². The van der Waals surface area contributed by atoms with E-state index in [-0.39, 0.29) is 18.3 Å². The number of ether oxygens (including phenoxy) is 3. The van der Waals surface area contributed by atoms with E-state index in [1.807, 2.05) is 0 Å². The number of halogens is 2. The highest BCUT2D eigenvalue weighted by Crippen LogP contribution is 2.28. The highest BCUT2D eigenvalue weighted by Gasteiger charge is 2.10. The van der Waals surface area contributed by atoms with Crippen LogP contribution in [-0.4, -0.2) is 38.4 Å². The lowest BCUT2D eigenvalue weighted by Crippen LogP contribution is -2.24. The number of rotatable bonds is 10. The number of benzene rings is 3. The minimum atomic E-state index is -0.561. The Bertz CT molecular complexity index is 1190. The highest BCUT2D eigenvalue weighted by molar-refractivity contribution is 6.33. The van der Waals surface area contributed by atoms with Crippen LogP contribution < -0.4 is 25.0 Å². The first-order chi connectivity index (χ1) is 16.5. The van der Waals surface area contributed by atoms with E-state index >= 15 is 0 Å². The molecule has 2 amide bonds. The summed E-state index contributed by atoms with van der Waals surface area (Å²) in [5.41, 5.74) is 3.37. The van der Waals surface area contributed by atoms with Crippen molar-refractivity contribution in [1.29, 1.82) is 0 Å². The lowest BCUT2D eigenvalue weighted by molar-refractivity contribution is -0.123. The van der Waals surface area contributed by atoms with E-state index in [9.17, 15) is 14.0 Å². The summed E-state index contributed by atoms with van der Waals surface area (Å²) in [6, 6.07) is 17.5. The standard InChI is InChI=1S/C24H21ClFN3O5/c1-32-22-12-16(13-27-29-24(31)15-33-20-9-5-3-7-18(20)26)10-11-21(22)34-14-23(30)28-19-8-4-2-6-17(19)25/h2-13H,14-15H2,1H3,(H,28,30)(H,29,31)/b27-13+. The molecule has 3 aromatic carbocycles. The predicted molar refractivity (Wildman–Crippen MR) is 126 cm³/mol. The predicted octanol–water partition coefficient (Wildman–Crippen LogP) is 4.03. The molecular weight excluding hydrogens is 465 g/mol. The lowest BCUT2D eigenvalue weighted by atomic mass is 10.2. The zero-order valence-corrected chi connectivity index (χ0v) is 18.8. The Hall–Kier alpha value is -4.11. The molecular formula is C24H21ClFN3O5. The van der Waals surface area contributed by atoms with Crippen LogP contribution in [0.15, 0.2) is 71.8 Å². The average Bonchev–Trinajstić information content (AvgIpc) is 2.84. The molecule has 10 heteroatoms. The second-order valence-corrected chi connectivity index (χ2v) is 7.15. The third-order valence-electron chi connectivity index (χ3n) is 4.29. The van der Waals surface area contributed by atoms with Crippen LogP contribution >= 0.6 is 11.6 Å². The summed E-state index contributed by atoms with van der Waals surface area (Å²) in [6.07, 6.45) is 1.39. The molecule has 0 heterocycles. The number of carbonyl (C=O) groups excluding carboxylic acids is 2. The maximum Gasteiger partial charge on any atom is 0.277 e. The third-order valence-corrected chi connectivity index (χ3v) is 4.62. The third kappa shape index (κ3) is 7.21. The quantitative estimate of drug-likeness (QED) is 0.334. The van der Waals surface area contributed by atoms with Crippen molar-refractivity contribution >= 4 is 35.3 Å². The largest absolute Gasteiger partial charge is 0.493 e. The van der Waals surface area contributed by atoms with Gasteiger partial charge in [0.05, 0.1) is 24.0 Å². The molecule has 0 unspecified atom stereocenters. The van der Waals surface area contributed by atoms with Gasteiger partial charge in [-0.3, -0.25) is 9.59 Å². The molecule has 0 spiro atoms. The van der Waals surface area contributed by atoms with Crippen LogP contribution in [0, 0.1) is 5.82 Å². The summed E-state index contributed by atoms with van der Waals surface area (Å²) >= 11 is 6.03. The Morgan fingerprint density at radius 1 is 0.941 bits per heavy atom. The van der Waals surface area contributed by atoms with Crippen molar-refractivity contribution in [3.05, 3.63) is 83.1 Å². The van der Waals surface area contributed by atoms with Gasteiger partial charge in [0.25, 0.3) is 11.8 Å². The molecule has 0 aromatic heterocycles. The van der Waals surface area contributed by atoms with Crippen LogP contribution in [0.1, 0.15) is 5.56 Å². The first kappa shape index (κ1) is 24.5. The normalized spacial score (nSPS) is 10.6. The lowest BCUT2D eigenvalue weighted by Gasteiger charge is -2.12. The summed E-state index contributed by atoms with van der Waals surface area (Å²) in [4.78, 5) is 24.0. The van der Waals surface area contributed by atoms with E-state index in [2.05, 4.69) is 15.8 Å². The summed E-state index contributed by atoms with van der Waals surface area (Å²) in [7, 11) is 1.45. The zero-order valence-electron chi connectivity index (χ0n) is 18.1. The van der Waals surface area contributed by atoms with Crippen molar-refractivity contribution in [2.75, 3.05) is 25.6 Å². The minimum absolute atomic E-state index is 0.0255. The van der Waals surface area contributed by atoms with Gasteiger partial charge in [0, 0.05) is 0 Å². The Morgan fingerprint density at radius 3 is 2.41 bits per heavy atom. The van der Waals surface area contributed by atoms with Crippen molar-refractivity contribution in [3.8, 4) is 17.2 Å². The number of hydrogen-bond donors (Lipinski definition) is 2. The van der Waals surface area contributed by atoms with Crippen molar-refractivity contribution in [1.82, 2.24) is 5.43 Å². The summed E-state index contributed by atoms with van der Waals surface area (Å²) in [6.45, 7) is -0.655. The van der Waals surface area contributed by atoms with Gasteiger partial charge in [-0.2, -0.15) is 5.10 Å². The van der Waals surface area contributed by atoms with E-state index in [0.29, 0.717) is 27.8 Å². The van der Waals surface area contributed by atoms with Crippen LogP contribution in [0.2, 0.25) is 5.02 Å². The number of hydrazone groups is 1. The number of hydrogen-bond acceptors (Lipinski definition) is 6. The number of nitrogens with one attached hydrogen (secondary N) is 2. The van der Waals surface area contributed by atoms with Crippen LogP contribution in [0.4, 0.5) is 10.1 Å². The molecule has 0 saturated heterocycles. The van der Waals surface area contributed by atoms with Gasteiger partial charge in [-0.05, 0) is 48.0 Å². The van der Waals surface area contributed by atoms with Gasteiger partial charge in [-0.1, -0.05) is 35.9 Å². The van der Waals surface area contributed by atoms with Crippen LogP contribution in [0.25, 0.3) is 0 Å². The fraction of sp³-hybridized carbons (Fsp3) is 0.125. The van der Waals surface area contributed by atoms with Gasteiger partial charge in [0.1, 0.15) is 0 Å². The van der Waals surface area contributed by atoms with Crippen LogP contribution in [0.3, 0.4) is 0 Å². The molecule has 176 valence electrons. The topological polar surface area (TPSA) is 98.2 Å². The van der Waals surface area contributed by atoms with Gasteiger partial charge in [0.15, 0.2) is 36.3 Å². The summed E-state index contributed by atoms with van der Waals surface area (Å²) < 4.78 is 29.4. The van der Waals surface area contributed by atoms with Gasteiger partial charge < -0.3 is 19.5 Å². The first-order valence-corrected chi connectivity index (χ1v) is 10.4. The Kier molecular flexibility index (Phi) is 8.81. The van der Waals surface area contributed by atoms with E-state index in [1.54, 1.807) is 48.5 Å². The van der Waals surface area contributed by atoms with E-state index < -0.39 is 18.3 Å². The van der Waals surface area contributed by atoms with Crippen molar-refractivity contribution < 1.29 is 28.2 Å². The molecule has 3 rings (SSSR count). The Labute approximate surface area is 200 Å². The summed E-state index contributed by atoms with van der Waals surface area (Å²) in [5, 5.41) is 6.92. The molecule has 0 aliphatic rings. The van der Waals surface area contributed by atoms with Crippen LogP contribution in [-0.2, 0) is 9.59 Å². The molecule has 0 bridgehead atoms. The number of anilines is 1. The molecule has 0 fully saturated rings. The smallest absolute Gasteiger partial charge is 0.277 e. The van der Waals surface area contributed by atoms with Crippen molar-refractivity contribution in [2.24, 2.45) is 5.10 Å². The zero-order chi connectivity index (χ0) is 24.3. The van der Waals surface area contributed by atoms with Crippen molar-refractivity contribution in [2.45, 2.75) is 0 Å². The fourth-order valence-electron chi connectivity index (χ4n) is 2.69. The van der Waals surface area contributed by atoms with E-state index in [1.165, 1.54) is 31.5 Å². The first-order valence-electron chi connectivity index (χ1n) is 10.0. The molecule has 0 radical (unpaired) electrons. The SMILES string of the molecule is COc1cc(/C=N/NC(=O)COc2ccccc2F)ccc1OCC(=O)Nc1ccccc1Cl. The number of methoxy groups -OCH3 is 1. The van der Waals surface area contributed by atoms with Gasteiger partial charge in [-0.25, -0.2) is 9.82 Å². The summed E-state index contributed by atoms with van der Waals surface area (Å²) in [5.74, 6) is -0.825.